The van der Waals surface area contributed by atoms with Crippen molar-refractivity contribution in [2.45, 2.75) is 31.7 Å². The van der Waals surface area contributed by atoms with Gasteiger partial charge in [-0.1, -0.05) is 0 Å². The topological polar surface area (TPSA) is 101 Å². The number of anilines is 1. The van der Waals surface area contributed by atoms with Crippen molar-refractivity contribution in [3.63, 3.8) is 0 Å². The largest absolute Gasteiger partial charge is 0.511 e. The van der Waals surface area contributed by atoms with Gasteiger partial charge in [0.25, 0.3) is 0 Å². The highest BCUT2D eigenvalue weighted by Gasteiger charge is 2.32. The first-order chi connectivity index (χ1) is 14.0. The summed E-state index contributed by atoms with van der Waals surface area (Å²) in [6.07, 6.45) is -5.97. The molecule has 2 heterocycles. The number of alkyl halides is 3. The van der Waals surface area contributed by atoms with Crippen molar-refractivity contribution >= 4 is 22.7 Å². The van der Waals surface area contributed by atoms with Crippen LogP contribution in [0, 0.1) is 5.82 Å². The number of aromatic nitrogens is 1. The standard InChI is InChI=1S/C18H18F4N2O6/c1-29-16-13-10(6-11(19)14(16)23-4-2-9(25)3-5-23)15(26)12(30-17(27)28)7-24(13)8-18(20,21)22/h6-7,9,25H,2-5,8H2,1H3,(H,27,28). The Morgan fingerprint density at radius 1 is 1.30 bits per heavy atom. The van der Waals surface area contributed by atoms with Crippen molar-refractivity contribution in [3.05, 3.63) is 28.3 Å². The molecule has 8 nitrogen and oxygen atoms in total. The number of pyridine rings is 1. The van der Waals surface area contributed by atoms with Crippen LogP contribution in [0.2, 0.25) is 0 Å². The van der Waals surface area contributed by atoms with Gasteiger partial charge < -0.3 is 29.2 Å². The van der Waals surface area contributed by atoms with Crippen molar-refractivity contribution in [2.75, 3.05) is 25.1 Å². The number of hydrogen-bond acceptors (Lipinski definition) is 6. The molecule has 3 rings (SSSR count). The van der Waals surface area contributed by atoms with Gasteiger partial charge in [-0.05, 0) is 18.9 Å². The van der Waals surface area contributed by atoms with Crippen LogP contribution in [0.1, 0.15) is 12.8 Å². The monoisotopic (exact) mass is 434 g/mol. The van der Waals surface area contributed by atoms with Crippen LogP contribution in [0.3, 0.4) is 0 Å². The number of piperidine rings is 1. The number of benzene rings is 1. The number of hydrogen-bond donors (Lipinski definition) is 2. The molecule has 12 heteroatoms. The number of methoxy groups -OCH3 is 1. The van der Waals surface area contributed by atoms with Gasteiger partial charge in [0.05, 0.1) is 30.3 Å². The number of carboxylic acid groups (broad SMARTS) is 1. The maximum atomic E-state index is 15.0. The minimum Gasteiger partial charge on any atom is -0.492 e. The second kappa shape index (κ2) is 8.01. The van der Waals surface area contributed by atoms with E-state index in [-0.39, 0.29) is 30.0 Å². The lowest BCUT2D eigenvalue weighted by molar-refractivity contribution is -0.140. The summed E-state index contributed by atoms with van der Waals surface area (Å²) in [5, 5.41) is 17.9. The number of halogens is 4. The van der Waals surface area contributed by atoms with Crippen LogP contribution in [-0.4, -0.2) is 53.4 Å². The maximum Gasteiger partial charge on any atom is 0.511 e. The molecule has 1 aliphatic heterocycles. The zero-order valence-electron chi connectivity index (χ0n) is 15.7. The predicted molar refractivity (Wildman–Crippen MR) is 96.9 cm³/mol. The highest BCUT2D eigenvalue weighted by Crippen LogP contribution is 2.40. The summed E-state index contributed by atoms with van der Waals surface area (Å²) in [6.45, 7) is -1.15. The average molecular weight is 434 g/mol. The Hall–Kier alpha value is -3.02. The molecule has 164 valence electrons. The van der Waals surface area contributed by atoms with E-state index in [2.05, 4.69) is 4.74 Å². The molecule has 0 saturated carbocycles. The summed E-state index contributed by atoms with van der Waals surface area (Å²) in [4.78, 5) is 24.9. The van der Waals surface area contributed by atoms with Gasteiger partial charge in [-0.2, -0.15) is 13.2 Å². The van der Waals surface area contributed by atoms with Crippen LogP contribution in [0.5, 0.6) is 11.5 Å². The number of aliphatic hydroxyl groups is 1. The third-order valence-electron chi connectivity index (χ3n) is 4.74. The molecule has 0 bridgehead atoms. The highest BCUT2D eigenvalue weighted by molar-refractivity contribution is 5.92. The average Bonchev–Trinajstić information content (AvgIpc) is 2.64. The Bertz CT molecular complexity index is 1030. The zero-order chi connectivity index (χ0) is 22.2. The van der Waals surface area contributed by atoms with Gasteiger partial charge in [-0.3, -0.25) is 4.79 Å². The molecular formula is C18H18F4N2O6. The van der Waals surface area contributed by atoms with Crippen molar-refractivity contribution in [1.82, 2.24) is 4.57 Å². The van der Waals surface area contributed by atoms with E-state index in [1.54, 1.807) is 0 Å². The lowest BCUT2D eigenvalue weighted by atomic mass is 10.0. The highest BCUT2D eigenvalue weighted by atomic mass is 19.4. The third-order valence-corrected chi connectivity index (χ3v) is 4.74. The fourth-order valence-corrected chi connectivity index (χ4v) is 3.52. The normalized spacial score (nSPS) is 15.5. The van der Waals surface area contributed by atoms with Crippen molar-refractivity contribution in [3.8, 4) is 11.5 Å². The molecule has 1 saturated heterocycles. The van der Waals surface area contributed by atoms with Gasteiger partial charge >= 0.3 is 12.3 Å². The van der Waals surface area contributed by atoms with Crippen molar-refractivity contribution < 1.29 is 42.0 Å². The minimum atomic E-state index is -4.74. The SMILES string of the molecule is COc1c(N2CCC(O)CC2)c(F)cc2c(=O)c(OC(=O)O)cn(CC(F)(F)F)c12. The first-order valence-electron chi connectivity index (χ1n) is 8.86. The van der Waals surface area contributed by atoms with E-state index < -0.39 is 47.4 Å². The van der Waals surface area contributed by atoms with E-state index >= 15 is 0 Å². The predicted octanol–water partition coefficient (Wildman–Crippen LogP) is 2.73. The molecule has 30 heavy (non-hydrogen) atoms. The van der Waals surface area contributed by atoms with Gasteiger partial charge in [0.1, 0.15) is 12.2 Å². The van der Waals surface area contributed by atoms with Gasteiger partial charge in [0.15, 0.2) is 17.3 Å². The lowest BCUT2D eigenvalue weighted by Gasteiger charge is -2.33. The minimum absolute atomic E-state index is 0.140. The molecule has 0 radical (unpaired) electrons. The maximum absolute atomic E-state index is 15.0. The second-order valence-electron chi connectivity index (χ2n) is 6.79. The van der Waals surface area contributed by atoms with Crippen LogP contribution >= 0.6 is 0 Å². The first kappa shape index (κ1) is 21.7. The van der Waals surface area contributed by atoms with Crippen LogP contribution in [0.15, 0.2) is 17.1 Å². The molecular weight excluding hydrogens is 416 g/mol. The summed E-state index contributed by atoms with van der Waals surface area (Å²) in [7, 11) is 1.13. The fraction of sp³-hybridized carbons (Fsp3) is 0.444. The van der Waals surface area contributed by atoms with E-state index in [1.165, 1.54) is 4.90 Å². The summed E-state index contributed by atoms with van der Waals surface area (Å²) in [5.74, 6) is -2.13. The summed E-state index contributed by atoms with van der Waals surface area (Å²) >= 11 is 0. The summed E-state index contributed by atoms with van der Waals surface area (Å²) < 4.78 is 64.6. The molecule has 1 fully saturated rings. The van der Waals surface area contributed by atoms with E-state index in [4.69, 9.17) is 9.84 Å². The number of fused-ring (bicyclic) bond motifs is 1. The Kier molecular flexibility index (Phi) is 5.79. The van der Waals surface area contributed by atoms with E-state index in [0.717, 1.165) is 13.2 Å². The Morgan fingerprint density at radius 3 is 2.47 bits per heavy atom. The number of carbonyl (C=O) groups is 1. The summed E-state index contributed by atoms with van der Waals surface area (Å²) in [5.41, 5.74) is -1.58. The summed E-state index contributed by atoms with van der Waals surface area (Å²) in [6, 6.07) is 0.738. The van der Waals surface area contributed by atoms with Gasteiger partial charge in [-0.15, -0.1) is 0 Å². The van der Waals surface area contributed by atoms with Crippen LogP contribution in [0.4, 0.5) is 28.0 Å². The molecule has 0 atom stereocenters. The lowest BCUT2D eigenvalue weighted by Crippen LogP contribution is -2.36. The molecule has 2 N–H and O–H groups in total. The number of ether oxygens (including phenoxy) is 2. The Morgan fingerprint density at radius 2 is 1.93 bits per heavy atom. The Labute approximate surface area is 166 Å². The van der Waals surface area contributed by atoms with Gasteiger partial charge in [0, 0.05) is 13.1 Å². The molecule has 1 aromatic carbocycles. The first-order valence-corrected chi connectivity index (χ1v) is 8.86. The molecule has 2 aromatic rings. The molecule has 0 aliphatic carbocycles. The number of nitrogens with zero attached hydrogens (tertiary/aromatic N) is 2. The molecule has 1 aliphatic rings. The van der Waals surface area contributed by atoms with E-state index in [1.807, 2.05) is 0 Å². The fourth-order valence-electron chi connectivity index (χ4n) is 3.52. The molecule has 0 amide bonds. The van der Waals surface area contributed by atoms with Gasteiger partial charge in [0.2, 0.25) is 5.43 Å². The second-order valence-corrected chi connectivity index (χ2v) is 6.79. The number of rotatable bonds is 4. The van der Waals surface area contributed by atoms with Crippen molar-refractivity contribution in [1.29, 1.82) is 0 Å². The van der Waals surface area contributed by atoms with E-state index in [0.29, 0.717) is 23.6 Å². The van der Waals surface area contributed by atoms with E-state index in [9.17, 15) is 32.3 Å². The van der Waals surface area contributed by atoms with Gasteiger partial charge in [-0.25, -0.2) is 9.18 Å². The molecule has 0 spiro atoms. The van der Waals surface area contributed by atoms with Crippen LogP contribution < -0.4 is 19.8 Å². The van der Waals surface area contributed by atoms with Crippen molar-refractivity contribution in [2.24, 2.45) is 0 Å². The van der Waals surface area contributed by atoms with Crippen LogP contribution in [-0.2, 0) is 6.54 Å². The smallest absolute Gasteiger partial charge is 0.492 e. The number of aliphatic hydroxyl groups excluding tert-OH is 1. The zero-order valence-corrected chi connectivity index (χ0v) is 15.7. The molecule has 1 aromatic heterocycles. The van der Waals surface area contributed by atoms with Crippen LogP contribution in [0.25, 0.3) is 10.9 Å². The molecule has 0 unspecified atom stereocenters. The quantitative estimate of drug-likeness (QED) is 0.564. The Balaban J connectivity index is 2.32. The third kappa shape index (κ3) is 4.27.